The molecule has 0 aliphatic heterocycles. The van der Waals surface area contributed by atoms with Gasteiger partial charge < -0.3 is 15.3 Å². The second-order valence-corrected chi connectivity index (χ2v) is 13.2. The molecular weight excluding hydrogens is 412 g/mol. The Bertz CT molecular complexity index is 788. The Hall–Kier alpha value is -0.710. The van der Waals surface area contributed by atoms with Crippen LogP contribution in [0.4, 0.5) is 0 Å². The standard InChI is InChI=1S/C29H48O4/c1-17(2)25(31)12-7-18(3)22-10-11-23-21-9-8-20-15-29(33,19(4)30)16-26(32)28(20,6)24(21)13-14-27(22,23)5/h8,17-18,21-26,31-33H,7,9-16H2,1-6H3/t18-,21+,22-,23+,24+,25+,26+,27-,28+,29-/m1/s1. The van der Waals surface area contributed by atoms with Crippen molar-refractivity contribution in [1.82, 2.24) is 0 Å². The topological polar surface area (TPSA) is 77.8 Å². The summed E-state index contributed by atoms with van der Waals surface area (Å²) in [6.45, 7) is 12.8. The number of rotatable bonds is 6. The average molecular weight is 461 g/mol. The first-order chi connectivity index (χ1) is 15.3. The third-order valence-electron chi connectivity index (χ3n) is 11.3. The molecule has 4 nitrogen and oxygen atoms in total. The number of Topliss-reactive ketones (excluding diaryl/α,β-unsaturated/α-hetero) is 1. The first kappa shape index (κ1) is 25.4. The molecule has 4 aliphatic rings. The summed E-state index contributed by atoms with van der Waals surface area (Å²) in [7, 11) is 0. The van der Waals surface area contributed by atoms with Crippen molar-refractivity contribution in [3.8, 4) is 0 Å². The number of fused-ring (bicyclic) bond motifs is 5. The Kier molecular flexibility index (Phi) is 6.73. The number of carbonyl (C=O) groups is 1. The first-order valence-corrected chi connectivity index (χ1v) is 13.6. The van der Waals surface area contributed by atoms with E-state index in [1.165, 1.54) is 26.2 Å². The van der Waals surface area contributed by atoms with Crippen molar-refractivity contribution >= 4 is 5.78 Å². The molecule has 4 aliphatic carbocycles. The van der Waals surface area contributed by atoms with Crippen LogP contribution < -0.4 is 0 Å². The summed E-state index contributed by atoms with van der Waals surface area (Å²) in [5, 5.41) is 32.6. The average Bonchev–Trinajstić information content (AvgIpc) is 3.10. The maximum atomic E-state index is 12.1. The van der Waals surface area contributed by atoms with Crippen LogP contribution in [-0.4, -0.2) is 38.9 Å². The molecule has 0 aromatic rings. The van der Waals surface area contributed by atoms with E-state index in [-0.39, 0.29) is 23.7 Å². The van der Waals surface area contributed by atoms with Gasteiger partial charge in [-0.25, -0.2) is 0 Å². The summed E-state index contributed by atoms with van der Waals surface area (Å²) in [4.78, 5) is 12.1. The zero-order valence-corrected chi connectivity index (χ0v) is 21.8. The van der Waals surface area contributed by atoms with Crippen molar-refractivity contribution in [2.45, 2.75) is 117 Å². The van der Waals surface area contributed by atoms with Gasteiger partial charge in [-0.1, -0.05) is 46.3 Å². The lowest BCUT2D eigenvalue weighted by Gasteiger charge is -2.60. The van der Waals surface area contributed by atoms with Crippen LogP contribution in [0.3, 0.4) is 0 Å². The Morgan fingerprint density at radius 3 is 2.45 bits per heavy atom. The number of aliphatic hydroxyl groups excluding tert-OH is 2. The number of hydrogen-bond donors (Lipinski definition) is 3. The molecule has 0 unspecified atom stereocenters. The molecule has 4 heteroatoms. The fraction of sp³-hybridized carbons (Fsp3) is 0.897. The van der Waals surface area contributed by atoms with Crippen molar-refractivity contribution in [3.05, 3.63) is 11.6 Å². The Balaban J connectivity index is 1.54. The van der Waals surface area contributed by atoms with Crippen molar-refractivity contribution in [2.75, 3.05) is 0 Å². The summed E-state index contributed by atoms with van der Waals surface area (Å²) in [5.41, 5.74) is -0.272. The molecule has 0 bridgehead atoms. The molecule has 3 fully saturated rings. The minimum Gasteiger partial charge on any atom is -0.393 e. The second kappa shape index (κ2) is 8.75. The maximum absolute atomic E-state index is 12.1. The van der Waals surface area contributed by atoms with Gasteiger partial charge in [-0.3, -0.25) is 4.79 Å². The maximum Gasteiger partial charge on any atom is 0.161 e. The van der Waals surface area contributed by atoms with Crippen LogP contribution in [0, 0.1) is 46.3 Å². The highest BCUT2D eigenvalue weighted by Crippen LogP contribution is 2.67. The first-order valence-electron chi connectivity index (χ1n) is 13.6. The van der Waals surface area contributed by atoms with E-state index in [2.05, 4.69) is 40.7 Å². The lowest BCUT2D eigenvalue weighted by atomic mass is 9.45. The molecule has 4 rings (SSSR count). The van der Waals surface area contributed by atoms with E-state index in [4.69, 9.17) is 0 Å². The number of ketones is 1. The summed E-state index contributed by atoms with van der Waals surface area (Å²) < 4.78 is 0. The molecule has 33 heavy (non-hydrogen) atoms. The molecule has 0 aromatic heterocycles. The molecule has 0 saturated heterocycles. The van der Waals surface area contributed by atoms with E-state index >= 15 is 0 Å². The summed E-state index contributed by atoms with van der Waals surface area (Å²) in [5.74, 6) is 3.12. The van der Waals surface area contributed by atoms with Gasteiger partial charge in [-0.2, -0.15) is 0 Å². The summed E-state index contributed by atoms with van der Waals surface area (Å²) in [6.07, 6.45) is 9.87. The molecule has 0 amide bonds. The predicted molar refractivity (Wildman–Crippen MR) is 131 cm³/mol. The highest BCUT2D eigenvalue weighted by molar-refractivity contribution is 5.85. The van der Waals surface area contributed by atoms with Gasteiger partial charge >= 0.3 is 0 Å². The van der Waals surface area contributed by atoms with E-state index < -0.39 is 11.7 Å². The van der Waals surface area contributed by atoms with Crippen LogP contribution in [0.1, 0.15) is 99.3 Å². The van der Waals surface area contributed by atoms with E-state index in [9.17, 15) is 20.1 Å². The summed E-state index contributed by atoms with van der Waals surface area (Å²) in [6, 6.07) is 0. The van der Waals surface area contributed by atoms with E-state index in [1.54, 1.807) is 0 Å². The zero-order chi connectivity index (χ0) is 24.3. The SMILES string of the molecule is CC(=O)[C@@]1(O)CC2=CC[C@H]3[C@@H]4CC[C@H]([C@H](C)CC[C@H](O)C(C)C)[C@@]4(C)CC[C@@H]3[C@@]2(C)[C@@H](O)C1. The van der Waals surface area contributed by atoms with E-state index in [1.807, 2.05) is 0 Å². The number of allylic oxidation sites excluding steroid dienone is 1. The second-order valence-electron chi connectivity index (χ2n) is 13.2. The van der Waals surface area contributed by atoms with Gasteiger partial charge in [0.2, 0.25) is 0 Å². The van der Waals surface area contributed by atoms with Crippen LogP contribution in [-0.2, 0) is 4.79 Å². The van der Waals surface area contributed by atoms with Gasteiger partial charge in [-0.05, 0) is 92.8 Å². The Morgan fingerprint density at radius 2 is 1.82 bits per heavy atom. The Morgan fingerprint density at radius 1 is 1.12 bits per heavy atom. The van der Waals surface area contributed by atoms with Crippen molar-refractivity contribution in [2.24, 2.45) is 46.3 Å². The van der Waals surface area contributed by atoms with Crippen molar-refractivity contribution < 1.29 is 20.1 Å². The molecule has 10 atom stereocenters. The van der Waals surface area contributed by atoms with Gasteiger partial charge in [0.15, 0.2) is 5.78 Å². The van der Waals surface area contributed by atoms with Gasteiger partial charge in [0, 0.05) is 18.3 Å². The monoisotopic (exact) mass is 460 g/mol. The minimum absolute atomic E-state index is 0.166. The minimum atomic E-state index is -1.41. The number of carbonyl (C=O) groups excluding carboxylic acids is 1. The van der Waals surface area contributed by atoms with Crippen LogP contribution >= 0.6 is 0 Å². The largest absolute Gasteiger partial charge is 0.393 e. The van der Waals surface area contributed by atoms with Crippen LogP contribution in [0.5, 0.6) is 0 Å². The predicted octanol–water partition coefficient (Wildman–Crippen LogP) is 5.29. The molecule has 3 saturated carbocycles. The number of hydrogen-bond acceptors (Lipinski definition) is 4. The van der Waals surface area contributed by atoms with Gasteiger partial charge in [-0.15, -0.1) is 0 Å². The summed E-state index contributed by atoms with van der Waals surface area (Å²) >= 11 is 0. The van der Waals surface area contributed by atoms with Crippen LogP contribution in [0.2, 0.25) is 0 Å². The van der Waals surface area contributed by atoms with Crippen molar-refractivity contribution in [1.29, 1.82) is 0 Å². The molecule has 0 radical (unpaired) electrons. The van der Waals surface area contributed by atoms with E-state index in [0.717, 1.165) is 31.3 Å². The number of aliphatic hydroxyl groups is 3. The fourth-order valence-corrected chi connectivity index (χ4v) is 8.95. The quantitative estimate of drug-likeness (QED) is 0.471. The molecule has 0 aromatic carbocycles. The van der Waals surface area contributed by atoms with Crippen LogP contribution in [0.25, 0.3) is 0 Å². The van der Waals surface area contributed by atoms with Gasteiger partial charge in [0.1, 0.15) is 5.60 Å². The van der Waals surface area contributed by atoms with Gasteiger partial charge in [0.25, 0.3) is 0 Å². The third kappa shape index (κ3) is 3.96. The molecule has 0 spiro atoms. The lowest BCUT2D eigenvalue weighted by Crippen LogP contribution is -2.59. The smallest absolute Gasteiger partial charge is 0.161 e. The fourth-order valence-electron chi connectivity index (χ4n) is 8.95. The molecule has 188 valence electrons. The third-order valence-corrected chi connectivity index (χ3v) is 11.3. The van der Waals surface area contributed by atoms with Crippen molar-refractivity contribution in [3.63, 3.8) is 0 Å². The normalized spacial score (nSPS) is 46.7. The highest BCUT2D eigenvalue weighted by Gasteiger charge is 2.62. The molecule has 3 N–H and O–H groups in total. The van der Waals surface area contributed by atoms with Gasteiger partial charge in [0.05, 0.1) is 12.2 Å². The molecule has 0 heterocycles. The highest BCUT2D eigenvalue weighted by atomic mass is 16.3. The zero-order valence-electron chi connectivity index (χ0n) is 21.8. The lowest BCUT2D eigenvalue weighted by molar-refractivity contribution is -0.155. The van der Waals surface area contributed by atoms with E-state index in [0.29, 0.717) is 47.3 Å². The van der Waals surface area contributed by atoms with Crippen LogP contribution in [0.15, 0.2) is 11.6 Å². The Labute approximate surface area is 201 Å². The molecular formula is C29H48O4.